The van der Waals surface area contributed by atoms with Crippen molar-refractivity contribution >= 4 is 23.2 Å². The van der Waals surface area contributed by atoms with E-state index in [9.17, 15) is 18.4 Å². The molecule has 2 aromatic rings. The number of piperidine rings is 1. The van der Waals surface area contributed by atoms with Gasteiger partial charge >= 0.3 is 0 Å². The molecule has 2 aromatic carbocycles. The molecule has 0 aliphatic carbocycles. The second-order valence-corrected chi connectivity index (χ2v) is 7.26. The van der Waals surface area contributed by atoms with Gasteiger partial charge in [-0.15, -0.1) is 0 Å². The Morgan fingerprint density at radius 1 is 1.10 bits per heavy atom. The van der Waals surface area contributed by atoms with E-state index in [4.69, 9.17) is 0 Å². The third kappa shape index (κ3) is 4.17. The minimum atomic E-state index is -0.695. The highest BCUT2D eigenvalue weighted by atomic mass is 19.1. The number of anilines is 1. The fraction of sp³-hybridized carbons (Fsp3) is 0.286. The van der Waals surface area contributed by atoms with Gasteiger partial charge in [0.2, 0.25) is 5.91 Å². The summed E-state index contributed by atoms with van der Waals surface area (Å²) in [6, 6.07) is 11.7. The van der Waals surface area contributed by atoms with Crippen molar-refractivity contribution in [2.24, 2.45) is 4.99 Å². The van der Waals surface area contributed by atoms with Crippen molar-refractivity contribution in [3.8, 4) is 0 Å². The molecule has 29 heavy (non-hydrogen) atoms. The van der Waals surface area contributed by atoms with Crippen molar-refractivity contribution in [1.82, 2.24) is 10.2 Å². The van der Waals surface area contributed by atoms with Crippen LogP contribution in [0.5, 0.6) is 0 Å². The second kappa shape index (κ2) is 7.71. The number of nitrogens with zero attached hydrogens (tertiary/aromatic N) is 2. The first kappa shape index (κ1) is 19.2. The Labute approximate surface area is 166 Å². The normalized spacial score (nSPS) is 18.4. The number of halogens is 2. The van der Waals surface area contributed by atoms with Gasteiger partial charge in [-0.3, -0.25) is 19.5 Å². The average molecular weight is 398 g/mol. The van der Waals surface area contributed by atoms with Crippen LogP contribution in [-0.2, 0) is 9.59 Å². The van der Waals surface area contributed by atoms with Crippen LogP contribution < -0.4 is 10.6 Å². The molecule has 1 spiro atoms. The fourth-order valence-corrected chi connectivity index (χ4v) is 3.64. The molecule has 2 aliphatic heterocycles. The van der Waals surface area contributed by atoms with Crippen LogP contribution in [0.4, 0.5) is 14.5 Å². The van der Waals surface area contributed by atoms with Gasteiger partial charge in [0, 0.05) is 31.5 Å². The van der Waals surface area contributed by atoms with Gasteiger partial charge in [0.15, 0.2) is 0 Å². The first-order chi connectivity index (χ1) is 13.9. The Balaban J connectivity index is 1.36. The number of aliphatic imine (C=N–C) groups is 1. The van der Waals surface area contributed by atoms with Crippen LogP contribution in [-0.4, -0.2) is 47.7 Å². The molecule has 0 atom stereocenters. The number of amides is 2. The van der Waals surface area contributed by atoms with E-state index in [1.807, 2.05) is 4.90 Å². The van der Waals surface area contributed by atoms with Crippen molar-refractivity contribution in [2.75, 3.05) is 25.0 Å². The van der Waals surface area contributed by atoms with Gasteiger partial charge in [-0.2, -0.15) is 0 Å². The van der Waals surface area contributed by atoms with Crippen molar-refractivity contribution in [1.29, 1.82) is 0 Å². The molecule has 2 amide bonds. The summed E-state index contributed by atoms with van der Waals surface area (Å²) >= 11 is 0. The van der Waals surface area contributed by atoms with Crippen LogP contribution in [0.3, 0.4) is 0 Å². The topological polar surface area (TPSA) is 73.8 Å². The van der Waals surface area contributed by atoms with E-state index in [2.05, 4.69) is 15.6 Å². The van der Waals surface area contributed by atoms with Crippen molar-refractivity contribution < 1.29 is 18.4 Å². The lowest BCUT2D eigenvalue weighted by atomic mass is 9.98. The van der Waals surface area contributed by atoms with Gasteiger partial charge in [-0.05, 0) is 36.4 Å². The smallest absolute Gasteiger partial charge is 0.272 e. The van der Waals surface area contributed by atoms with Crippen LogP contribution >= 0.6 is 0 Å². The van der Waals surface area contributed by atoms with Crippen molar-refractivity contribution in [2.45, 2.75) is 18.5 Å². The standard InChI is InChI=1S/C21H20F2N4O2/c22-15-7-5-14(6-8-15)19-20(29)26-21(25-19)9-11-27(12-10-21)13-18(28)24-17-4-2-1-3-16(17)23/h1-8H,9-13H2,(H,24,28)(H,26,29). The monoisotopic (exact) mass is 398 g/mol. The lowest BCUT2D eigenvalue weighted by Gasteiger charge is -2.36. The third-order valence-corrected chi connectivity index (χ3v) is 5.20. The van der Waals surface area contributed by atoms with Crippen molar-refractivity contribution in [3.63, 3.8) is 0 Å². The van der Waals surface area contributed by atoms with Gasteiger partial charge in [-0.25, -0.2) is 8.78 Å². The zero-order valence-corrected chi connectivity index (χ0v) is 15.6. The number of hydrogen-bond donors (Lipinski definition) is 2. The summed E-state index contributed by atoms with van der Waals surface area (Å²) in [5.74, 6) is -1.42. The van der Waals surface area contributed by atoms with Gasteiger partial charge in [0.1, 0.15) is 23.0 Å². The molecule has 0 bridgehead atoms. The maximum absolute atomic E-state index is 13.7. The molecule has 0 unspecified atom stereocenters. The summed E-state index contributed by atoms with van der Waals surface area (Å²) < 4.78 is 26.8. The second-order valence-electron chi connectivity index (χ2n) is 7.26. The molecule has 4 rings (SSSR count). The molecule has 1 fully saturated rings. The molecule has 2 N–H and O–H groups in total. The summed E-state index contributed by atoms with van der Waals surface area (Å²) in [7, 11) is 0. The van der Waals surface area contributed by atoms with E-state index in [1.54, 1.807) is 12.1 Å². The molecule has 8 heteroatoms. The van der Waals surface area contributed by atoms with Crippen LogP contribution in [0.2, 0.25) is 0 Å². The van der Waals surface area contributed by atoms with Crippen LogP contribution in [0.1, 0.15) is 18.4 Å². The molecule has 2 aliphatic rings. The first-order valence-electron chi connectivity index (χ1n) is 9.39. The predicted molar refractivity (Wildman–Crippen MR) is 105 cm³/mol. The number of para-hydroxylation sites is 1. The minimum Gasteiger partial charge on any atom is -0.326 e. The number of nitrogens with one attached hydrogen (secondary N) is 2. The number of carbonyl (C=O) groups is 2. The van der Waals surface area contributed by atoms with Crippen LogP contribution in [0, 0.1) is 11.6 Å². The summed E-state index contributed by atoms with van der Waals surface area (Å²) in [4.78, 5) is 31.1. The van der Waals surface area contributed by atoms with Crippen LogP contribution in [0.25, 0.3) is 0 Å². The summed E-state index contributed by atoms with van der Waals surface area (Å²) in [6.45, 7) is 1.25. The molecule has 6 nitrogen and oxygen atoms in total. The lowest BCUT2D eigenvalue weighted by molar-refractivity contribution is -0.119. The molecular weight excluding hydrogens is 378 g/mol. The van der Waals surface area contributed by atoms with Gasteiger partial charge in [-0.1, -0.05) is 12.1 Å². The lowest BCUT2D eigenvalue weighted by Crippen LogP contribution is -2.52. The van der Waals surface area contributed by atoms with E-state index in [1.165, 1.54) is 36.4 Å². The number of carbonyl (C=O) groups excluding carboxylic acids is 2. The van der Waals surface area contributed by atoms with Crippen molar-refractivity contribution in [3.05, 3.63) is 65.7 Å². The number of rotatable bonds is 4. The highest BCUT2D eigenvalue weighted by molar-refractivity contribution is 6.46. The quantitative estimate of drug-likeness (QED) is 0.830. The van der Waals surface area contributed by atoms with E-state index in [-0.39, 0.29) is 29.9 Å². The largest absolute Gasteiger partial charge is 0.326 e. The Hall–Kier alpha value is -3.13. The SMILES string of the molecule is O=C(CN1CCC2(CC1)N=C(c1ccc(F)cc1)C(=O)N2)Nc1ccccc1F. The zero-order valence-electron chi connectivity index (χ0n) is 15.6. The average Bonchev–Trinajstić information content (AvgIpc) is 3.02. The molecule has 0 saturated carbocycles. The molecular formula is C21H20F2N4O2. The van der Waals surface area contributed by atoms with E-state index in [0.29, 0.717) is 37.2 Å². The molecule has 150 valence electrons. The Morgan fingerprint density at radius 2 is 1.79 bits per heavy atom. The summed E-state index contributed by atoms with van der Waals surface area (Å²) in [6.07, 6.45) is 1.10. The minimum absolute atomic E-state index is 0.132. The van der Waals surface area contributed by atoms with E-state index >= 15 is 0 Å². The summed E-state index contributed by atoms with van der Waals surface area (Å²) in [5.41, 5.74) is 0.338. The Bertz CT molecular complexity index is 967. The van der Waals surface area contributed by atoms with Gasteiger partial charge < -0.3 is 10.6 Å². The fourth-order valence-electron chi connectivity index (χ4n) is 3.64. The number of hydrogen-bond acceptors (Lipinski definition) is 4. The van der Waals surface area contributed by atoms with Gasteiger partial charge in [0.25, 0.3) is 5.91 Å². The predicted octanol–water partition coefficient (Wildman–Crippen LogP) is 2.31. The number of benzene rings is 2. The molecule has 0 radical (unpaired) electrons. The highest BCUT2D eigenvalue weighted by Gasteiger charge is 2.42. The molecule has 1 saturated heterocycles. The Kier molecular flexibility index (Phi) is 5.10. The number of likely N-dealkylation sites (tertiary alicyclic amines) is 1. The maximum Gasteiger partial charge on any atom is 0.272 e. The first-order valence-corrected chi connectivity index (χ1v) is 9.39. The molecule has 0 aromatic heterocycles. The van der Waals surface area contributed by atoms with Gasteiger partial charge in [0.05, 0.1) is 12.2 Å². The summed E-state index contributed by atoms with van der Waals surface area (Å²) in [5, 5.41) is 5.52. The highest BCUT2D eigenvalue weighted by Crippen LogP contribution is 2.29. The van der Waals surface area contributed by atoms with E-state index < -0.39 is 11.5 Å². The molecule has 2 heterocycles. The zero-order chi connectivity index (χ0) is 20.4. The third-order valence-electron chi connectivity index (χ3n) is 5.20. The maximum atomic E-state index is 13.7. The Morgan fingerprint density at radius 3 is 2.48 bits per heavy atom. The van der Waals surface area contributed by atoms with Crippen LogP contribution in [0.15, 0.2) is 53.5 Å². The van der Waals surface area contributed by atoms with E-state index in [0.717, 1.165) is 0 Å².